The van der Waals surface area contributed by atoms with Crippen LogP contribution in [0.3, 0.4) is 0 Å². The number of carbonyl (C=O) groups excluding carboxylic acids is 1. The van der Waals surface area contributed by atoms with Gasteiger partial charge in [0.2, 0.25) is 5.91 Å². The van der Waals surface area contributed by atoms with E-state index >= 15 is 0 Å². The molecular formula is C14H24BrNO. The molecule has 1 saturated carbocycles. The van der Waals surface area contributed by atoms with Crippen LogP contribution in [0.25, 0.3) is 0 Å². The maximum Gasteiger partial charge on any atom is 0.225 e. The van der Waals surface area contributed by atoms with Crippen molar-refractivity contribution in [3.63, 3.8) is 0 Å². The van der Waals surface area contributed by atoms with Crippen molar-refractivity contribution in [2.75, 3.05) is 11.9 Å². The molecule has 1 amide bonds. The van der Waals surface area contributed by atoms with E-state index in [9.17, 15) is 4.79 Å². The number of hydrogen-bond donors (Lipinski definition) is 0. The standard InChI is InChI=1S/C14H24BrNO/c1-10-3-5-12(6-4-10)14(17)16-8-7-11(2)13(16)9-15/h10-13H,3-9H2,1-2H3. The zero-order chi connectivity index (χ0) is 12.4. The minimum absolute atomic E-state index is 0.318. The van der Waals surface area contributed by atoms with Gasteiger partial charge in [-0.25, -0.2) is 0 Å². The topological polar surface area (TPSA) is 20.3 Å². The Morgan fingerprint density at radius 2 is 1.82 bits per heavy atom. The van der Waals surface area contributed by atoms with Gasteiger partial charge in [-0.05, 0) is 43.9 Å². The molecule has 0 aromatic carbocycles. The average molecular weight is 302 g/mol. The third kappa shape index (κ3) is 2.86. The molecule has 17 heavy (non-hydrogen) atoms. The van der Waals surface area contributed by atoms with Crippen molar-refractivity contribution in [2.45, 2.75) is 52.0 Å². The molecule has 0 bridgehead atoms. The second-order valence-electron chi connectivity index (χ2n) is 5.98. The van der Waals surface area contributed by atoms with Gasteiger partial charge in [0.25, 0.3) is 0 Å². The smallest absolute Gasteiger partial charge is 0.225 e. The van der Waals surface area contributed by atoms with Crippen LogP contribution in [0.15, 0.2) is 0 Å². The molecule has 0 radical (unpaired) electrons. The molecule has 0 N–H and O–H groups in total. The summed E-state index contributed by atoms with van der Waals surface area (Å²) in [4.78, 5) is 14.7. The Morgan fingerprint density at radius 1 is 1.18 bits per heavy atom. The highest BCUT2D eigenvalue weighted by Gasteiger charge is 2.37. The first-order valence-corrected chi connectivity index (χ1v) is 8.12. The first kappa shape index (κ1) is 13.4. The van der Waals surface area contributed by atoms with Gasteiger partial charge in [0.15, 0.2) is 0 Å². The lowest BCUT2D eigenvalue weighted by molar-refractivity contribution is -0.137. The predicted molar refractivity (Wildman–Crippen MR) is 74.2 cm³/mol. The quantitative estimate of drug-likeness (QED) is 0.716. The number of rotatable bonds is 2. The van der Waals surface area contributed by atoms with Gasteiger partial charge >= 0.3 is 0 Å². The summed E-state index contributed by atoms with van der Waals surface area (Å²) < 4.78 is 0. The Labute approximate surface area is 113 Å². The molecule has 2 unspecified atom stereocenters. The van der Waals surface area contributed by atoms with Gasteiger partial charge in [0, 0.05) is 23.8 Å². The molecule has 2 aliphatic rings. The molecule has 2 fully saturated rings. The maximum absolute atomic E-state index is 12.5. The van der Waals surface area contributed by atoms with Crippen molar-refractivity contribution in [3.05, 3.63) is 0 Å². The Bertz CT molecular complexity index is 273. The number of hydrogen-bond acceptors (Lipinski definition) is 1. The van der Waals surface area contributed by atoms with Crippen LogP contribution in [-0.2, 0) is 4.79 Å². The van der Waals surface area contributed by atoms with E-state index in [1.807, 2.05) is 0 Å². The van der Waals surface area contributed by atoms with Crippen molar-refractivity contribution in [3.8, 4) is 0 Å². The van der Waals surface area contributed by atoms with E-state index in [4.69, 9.17) is 0 Å². The second kappa shape index (κ2) is 5.73. The largest absolute Gasteiger partial charge is 0.338 e. The van der Waals surface area contributed by atoms with Gasteiger partial charge in [-0.2, -0.15) is 0 Å². The van der Waals surface area contributed by atoms with Crippen molar-refractivity contribution in [1.29, 1.82) is 0 Å². The average Bonchev–Trinajstić information content (AvgIpc) is 2.70. The van der Waals surface area contributed by atoms with Crippen LogP contribution in [0.4, 0.5) is 0 Å². The van der Waals surface area contributed by atoms with E-state index in [-0.39, 0.29) is 0 Å². The molecule has 1 aliphatic carbocycles. The zero-order valence-electron chi connectivity index (χ0n) is 11.0. The normalized spacial score (nSPS) is 38.4. The van der Waals surface area contributed by atoms with Crippen LogP contribution in [0.1, 0.15) is 46.0 Å². The van der Waals surface area contributed by atoms with Gasteiger partial charge in [-0.1, -0.05) is 29.8 Å². The van der Waals surface area contributed by atoms with Crippen LogP contribution in [0.2, 0.25) is 0 Å². The molecule has 0 aromatic rings. The summed E-state index contributed by atoms with van der Waals surface area (Å²) in [5.74, 6) is 2.23. The highest BCUT2D eigenvalue weighted by molar-refractivity contribution is 9.09. The monoisotopic (exact) mass is 301 g/mol. The highest BCUT2D eigenvalue weighted by Crippen LogP contribution is 2.33. The summed E-state index contributed by atoms with van der Waals surface area (Å²) in [6.07, 6.45) is 5.86. The number of nitrogens with zero attached hydrogens (tertiary/aromatic N) is 1. The molecule has 1 saturated heterocycles. The Hall–Kier alpha value is -0.0500. The zero-order valence-corrected chi connectivity index (χ0v) is 12.6. The molecule has 0 aromatic heterocycles. The van der Waals surface area contributed by atoms with Crippen molar-refractivity contribution < 1.29 is 4.79 Å². The van der Waals surface area contributed by atoms with E-state index in [1.54, 1.807) is 0 Å². The molecule has 3 heteroatoms. The third-order valence-corrected chi connectivity index (χ3v) is 5.35. The number of likely N-dealkylation sites (tertiary alicyclic amines) is 1. The van der Waals surface area contributed by atoms with Gasteiger partial charge in [-0.3, -0.25) is 4.79 Å². The first-order chi connectivity index (χ1) is 8.13. The van der Waals surface area contributed by atoms with Gasteiger partial charge < -0.3 is 4.90 Å². The van der Waals surface area contributed by atoms with Crippen molar-refractivity contribution in [2.24, 2.45) is 17.8 Å². The summed E-state index contributed by atoms with van der Waals surface area (Å²) in [6, 6.07) is 0.432. The van der Waals surface area contributed by atoms with E-state index < -0.39 is 0 Å². The van der Waals surface area contributed by atoms with Gasteiger partial charge in [0.05, 0.1) is 0 Å². The van der Waals surface area contributed by atoms with Gasteiger partial charge in [-0.15, -0.1) is 0 Å². The number of carbonyl (C=O) groups is 1. The number of alkyl halides is 1. The van der Waals surface area contributed by atoms with Gasteiger partial charge in [0.1, 0.15) is 0 Å². The molecule has 98 valence electrons. The summed E-state index contributed by atoms with van der Waals surface area (Å²) in [7, 11) is 0. The fourth-order valence-corrected chi connectivity index (χ4v) is 4.25. The summed E-state index contributed by atoms with van der Waals surface area (Å²) >= 11 is 3.57. The summed E-state index contributed by atoms with van der Waals surface area (Å²) in [5.41, 5.74) is 0. The van der Waals surface area contributed by atoms with Crippen LogP contribution >= 0.6 is 15.9 Å². The number of halogens is 1. The minimum atomic E-state index is 0.318. The third-order valence-electron chi connectivity index (χ3n) is 4.69. The summed E-state index contributed by atoms with van der Waals surface area (Å²) in [6.45, 7) is 5.55. The van der Waals surface area contributed by atoms with E-state index in [1.165, 1.54) is 19.3 Å². The lowest BCUT2D eigenvalue weighted by atomic mass is 9.82. The van der Waals surface area contributed by atoms with Crippen molar-refractivity contribution >= 4 is 21.8 Å². The van der Waals surface area contributed by atoms with Crippen molar-refractivity contribution in [1.82, 2.24) is 4.90 Å². The van der Waals surface area contributed by atoms with E-state index in [2.05, 4.69) is 34.7 Å². The highest BCUT2D eigenvalue weighted by atomic mass is 79.9. The Balaban J connectivity index is 1.95. The van der Waals surface area contributed by atoms with Crippen LogP contribution in [0.5, 0.6) is 0 Å². The van der Waals surface area contributed by atoms with E-state index in [0.29, 0.717) is 23.8 Å². The fourth-order valence-electron chi connectivity index (χ4n) is 3.26. The van der Waals surface area contributed by atoms with Crippen LogP contribution in [-0.4, -0.2) is 28.7 Å². The lowest BCUT2D eigenvalue weighted by Gasteiger charge is -2.32. The molecule has 2 atom stereocenters. The fraction of sp³-hybridized carbons (Fsp3) is 0.929. The molecule has 2 nitrogen and oxygen atoms in total. The summed E-state index contributed by atoms with van der Waals surface area (Å²) in [5, 5.41) is 0.934. The molecule has 1 heterocycles. The van der Waals surface area contributed by atoms with Crippen LogP contribution < -0.4 is 0 Å². The Kier molecular flexibility index (Phi) is 4.51. The maximum atomic E-state index is 12.5. The Morgan fingerprint density at radius 3 is 2.41 bits per heavy atom. The SMILES string of the molecule is CC1CCC(C(=O)N2CCC(C)C2CBr)CC1. The molecule has 1 aliphatic heterocycles. The number of amides is 1. The molecule has 0 spiro atoms. The minimum Gasteiger partial charge on any atom is -0.338 e. The molecule has 2 rings (SSSR count). The first-order valence-electron chi connectivity index (χ1n) is 7.00. The van der Waals surface area contributed by atoms with Crippen LogP contribution in [0, 0.1) is 17.8 Å². The lowest BCUT2D eigenvalue weighted by Crippen LogP contribution is -2.42. The second-order valence-corrected chi connectivity index (χ2v) is 6.62. The van der Waals surface area contributed by atoms with E-state index in [0.717, 1.165) is 30.6 Å². The predicted octanol–water partition coefficient (Wildman–Crippen LogP) is 3.44. The molecular weight excluding hydrogens is 278 g/mol.